The maximum Gasteiger partial charge on any atom is 0.0409 e. The summed E-state index contributed by atoms with van der Waals surface area (Å²) in [4.78, 5) is 1.26. The first kappa shape index (κ1) is 8.37. The molecular weight excluding hydrogens is 228 g/mol. The number of rotatable bonds is 2. The summed E-state index contributed by atoms with van der Waals surface area (Å²) >= 11 is 9.22. The Labute approximate surface area is 78.5 Å². The van der Waals surface area contributed by atoms with Crippen LogP contribution < -0.4 is 0 Å². The minimum Gasteiger partial charge on any atom is -0.175 e. The van der Waals surface area contributed by atoms with E-state index >= 15 is 0 Å². The van der Waals surface area contributed by atoms with Gasteiger partial charge in [0.2, 0.25) is 0 Å². The van der Waals surface area contributed by atoms with Crippen LogP contribution in [0.25, 0.3) is 6.08 Å². The molecule has 0 spiro atoms. The van der Waals surface area contributed by atoms with E-state index in [0.717, 1.165) is 10.2 Å². The Morgan fingerprint density at radius 1 is 1.70 bits per heavy atom. The first-order valence-electron chi connectivity index (χ1n) is 2.85. The largest absolute Gasteiger partial charge is 0.175 e. The average molecular weight is 235 g/mol. The Kier molecular flexibility index (Phi) is 3.52. The van der Waals surface area contributed by atoms with Gasteiger partial charge in [-0.15, -0.1) is 11.3 Å². The minimum absolute atomic E-state index is 0.796. The number of halogens is 1. The lowest BCUT2D eigenvalue weighted by Crippen LogP contribution is -1.62. The number of thiophene rings is 1. The summed E-state index contributed by atoms with van der Waals surface area (Å²) in [5.41, 5.74) is 0. The molecule has 0 aliphatic carbocycles. The third-order valence-electron chi connectivity index (χ3n) is 1.02. The highest BCUT2D eigenvalue weighted by Gasteiger charge is 1.93. The first-order valence-corrected chi connectivity index (χ1v) is 5.15. The Bertz CT molecular complexity index is 227. The number of hydrogen-bond acceptors (Lipinski definition) is 2. The second kappa shape index (κ2) is 4.21. The van der Waals surface area contributed by atoms with Crippen molar-refractivity contribution in [2.24, 2.45) is 0 Å². The molecule has 0 atom stereocenters. The number of hydrogen-bond donors (Lipinski definition) is 1. The molecule has 0 bridgehead atoms. The molecule has 0 amide bonds. The van der Waals surface area contributed by atoms with Crippen LogP contribution in [-0.4, -0.2) is 5.75 Å². The molecule has 1 aromatic heterocycles. The summed E-state index contributed by atoms with van der Waals surface area (Å²) < 4.78 is 1.16. The van der Waals surface area contributed by atoms with E-state index in [-0.39, 0.29) is 0 Å². The monoisotopic (exact) mass is 234 g/mol. The van der Waals surface area contributed by atoms with Crippen molar-refractivity contribution in [3.63, 3.8) is 0 Å². The van der Waals surface area contributed by atoms with Crippen molar-refractivity contribution in [1.82, 2.24) is 0 Å². The highest BCUT2D eigenvalue weighted by Crippen LogP contribution is 2.23. The van der Waals surface area contributed by atoms with Crippen molar-refractivity contribution < 1.29 is 0 Å². The second-order valence-corrected chi connectivity index (χ2v) is 3.88. The van der Waals surface area contributed by atoms with Crippen LogP contribution in [0, 0.1) is 0 Å². The Morgan fingerprint density at radius 2 is 2.50 bits per heavy atom. The zero-order valence-electron chi connectivity index (χ0n) is 5.25. The van der Waals surface area contributed by atoms with Crippen LogP contribution in [0.5, 0.6) is 0 Å². The lowest BCUT2D eigenvalue weighted by atomic mass is 10.4. The van der Waals surface area contributed by atoms with Crippen LogP contribution in [-0.2, 0) is 0 Å². The molecule has 1 heterocycles. The molecule has 0 nitrogen and oxygen atoms in total. The normalized spacial score (nSPS) is 11.0. The highest BCUT2D eigenvalue weighted by molar-refractivity contribution is 9.10. The smallest absolute Gasteiger partial charge is 0.0409 e. The molecule has 54 valence electrons. The Morgan fingerprint density at radius 3 is 3.00 bits per heavy atom. The van der Waals surface area contributed by atoms with Crippen LogP contribution in [0.2, 0.25) is 0 Å². The zero-order chi connectivity index (χ0) is 7.40. The molecule has 0 aromatic carbocycles. The maximum atomic E-state index is 4.07. The van der Waals surface area contributed by atoms with Gasteiger partial charge in [-0.1, -0.05) is 6.08 Å². The van der Waals surface area contributed by atoms with E-state index < -0.39 is 0 Å². The molecule has 0 fully saturated rings. The molecular formula is C7H7BrS2. The van der Waals surface area contributed by atoms with Crippen molar-refractivity contribution in [3.05, 3.63) is 26.9 Å². The fourth-order valence-corrected chi connectivity index (χ4v) is 2.12. The Hall–Kier alpha value is 0.270. The van der Waals surface area contributed by atoms with E-state index in [2.05, 4.69) is 40.0 Å². The summed E-state index contributed by atoms with van der Waals surface area (Å²) in [6.07, 6.45) is 4.10. The summed E-state index contributed by atoms with van der Waals surface area (Å²) in [5, 5.41) is 2.06. The van der Waals surface area contributed by atoms with Gasteiger partial charge in [-0.3, -0.25) is 0 Å². The molecule has 0 saturated carbocycles. The summed E-state index contributed by atoms with van der Waals surface area (Å²) in [5.74, 6) is 0.796. The van der Waals surface area contributed by atoms with Gasteiger partial charge in [0.1, 0.15) is 0 Å². The van der Waals surface area contributed by atoms with Crippen molar-refractivity contribution in [2.75, 3.05) is 5.75 Å². The summed E-state index contributed by atoms with van der Waals surface area (Å²) in [6.45, 7) is 0. The standard InChI is InChI=1S/C7H7BrS2/c8-6-3-5-10-7(6)2-1-4-9/h1-3,5,9H,4H2. The van der Waals surface area contributed by atoms with Gasteiger partial charge in [-0.2, -0.15) is 12.6 Å². The third kappa shape index (κ3) is 2.15. The van der Waals surface area contributed by atoms with Crippen molar-refractivity contribution in [1.29, 1.82) is 0 Å². The lowest BCUT2D eigenvalue weighted by Gasteiger charge is -1.84. The maximum absolute atomic E-state index is 4.07. The molecule has 0 saturated heterocycles. The van der Waals surface area contributed by atoms with Gasteiger partial charge in [0.25, 0.3) is 0 Å². The van der Waals surface area contributed by atoms with E-state index in [1.54, 1.807) is 11.3 Å². The average Bonchev–Trinajstić information content (AvgIpc) is 2.31. The van der Waals surface area contributed by atoms with Gasteiger partial charge in [-0.05, 0) is 33.5 Å². The van der Waals surface area contributed by atoms with Crippen molar-refractivity contribution >= 4 is 46.0 Å². The van der Waals surface area contributed by atoms with Gasteiger partial charge in [0.05, 0.1) is 0 Å². The van der Waals surface area contributed by atoms with Crippen molar-refractivity contribution in [2.45, 2.75) is 0 Å². The lowest BCUT2D eigenvalue weighted by molar-refractivity contribution is 1.79. The van der Waals surface area contributed by atoms with Gasteiger partial charge in [0.15, 0.2) is 0 Å². The predicted octanol–water partition coefficient (Wildman–Crippen LogP) is 3.45. The van der Waals surface area contributed by atoms with E-state index in [4.69, 9.17) is 0 Å². The van der Waals surface area contributed by atoms with Gasteiger partial charge < -0.3 is 0 Å². The van der Waals surface area contributed by atoms with E-state index in [1.165, 1.54) is 4.88 Å². The first-order chi connectivity index (χ1) is 4.84. The van der Waals surface area contributed by atoms with E-state index in [9.17, 15) is 0 Å². The van der Waals surface area contributed by atoms with Gasteiger partial charge >= 0.3 is 0 Å². The highest BCUT2D eigenvalue weighted by atomic mass is 79.9. The molecule has 0 aliphatic heterocycles. The molecule has 3 heteroatoms. The number of thiol groups is 1. The van der Waals surface area contributed by atoms with Crippen molar-refractivity contribution in [3.8, 4) is 0 Å². The SMILES string of the molecule is SCC=Cc1sccc1Br. The van der Waals surface area contributed by atoms with E-state index in [0.29, 0.717) is 0 Å². The van der Waals surface area contributed by atoms with Crippen LogP contribution >= 0.6 is 39.9 Å². The quantitative estimate of drug-likeness (QED) is 0.745. The van der Waals surface area contributed by atoms with Crippen LogP contribution in [0.4, 0.5) is 0 Å². The van der Waals surface area contributed by atoms with Crippen LogP contribution in [0.1, 0.15) is 4.88 Å². The molecule has 10 heavy (non-hydrogen) atoms. The molecule has 0 unspecified atom stereocenters. The van der Waals surface area contributed by atoms with Crippen LogP contribution in [0.15, 0.2) is 22.0 Å². The van der Waals surface area contributed by atoms with E-state index in [1.807, 2.05) is 12.1 Å². The topological polar surface area (TPSA) is 0 Å². The fraction of sp³-hybridized carbons (Fsp3) is 0.143. The summed E-state index contributed by atoms with van der Waals surface area (Å²) in [6, 6.07) is 2.04. The summed E-state index contributed by atoms with van der Waals surface area (Å²) in [7, 11) is 0. The Balaban J connectivity index is 2.74. The van der Waals surface area contributed by atoms with Gasteiger partial charge in [-0.25, -0.2) is 0 Å². The zero-order valence-corrected chi connectivity index (χ0v) is 8.55. The molecule has 0 N–H and O–H groups in total. The van der Waals surface area contributed by atoms with Gasteiger partial charge in [0, 0.05) is 15.1 Å². The molecule has 0 radical (unpaired) electrons. The molecule has 1 aromatic rings. The second-order valence-electron chi connectivity index (χ2n) is 1.72. The predicted molar refractivity (Wildman–Crippen MR) is 54.9 cm³/mol. The van der Waals surface area contributed by atoms with Crippen LogP contribution in [0.3, 0.4) is 0 Å². The molecule has 0 aliphatic rings. The molecule has 1 rings (SSSR count). The fourth-order valence-electron chi connectivity index (χ4n) is 0.584. The minimum atomic E-state index is 0.796. The third-order valence-corrected chi connectivity index (χ3v) is 3.07.